The number of esters is 1. The Bertz CT molecular complexity index is 624. The molecule has 0 radical (unpaired) electrons. The number of ether oxygens (including phenoxy) is 2. The third-order valence-electron chi connectivity index (χ3n) is 2.60. The maximum Gasteiger partial charge on any atom is 0.375 e. The zero-order chi connectivity index (χ0) is 13.7. The van der Waals surface area contributed by atoms with Gasteiger partial charge in [-0.1, -0.05) is 18.2 Å². The predicted molar refractivity (Wildman–Crippen MR) is 67.4 cm³/mol. The highest BCUT2D eigenvalue weighted by atomic mass is 16.5. The molecule has 2 rings (SSSR count). The van der Waals surface area contributed by atoms with Crippen molar-refractivity contribution in [2.75, 3.05) is 13.2 Å². The molecule has 98 valence electrons. The smallest absolute Gasteiger partial charge is 0.375 e. The number of furan rings is 1. The van der Waals surface area contributed by atoms with E-state index in [9.17, 15) is 4.79 Å². The van der Waals surface area contributed by atoms with Crippen LogP contribution in [0, 0.1) is 11.3 Å². The third-order valence-corrected chi connectivity index (χ3v) is 2.60. The van der Waals surface area contributed by atoms with Gasteiger partial charge in [-0.25, -0.2) is 4.79 Å². The van der Waals surface area contributed by atoms with Crippen LogP contribution < -0.4 is 0 Å². The third kappa shape index (κ3) is 2.75. The monoisotopic (exact) mass is 259 g/mol. The second kappa shape index (κ2) is 6.03. The van der Waals surface area contributed by atoms with E-state index < -0.39 is 5.97 Å². The molecule has 0 saturated carbocycles. The highest BCUT2D eigenvalue weighted by molar-refractivity contribution is 5.96. The molecule has 0 atom stereocenters. The molecule has 0 saturated heterocycles. The van der Waals surface area contributed by atoms with Crippen LogP contribution in [0.3, 0.4) is 0 Å². The van der Waals surface area contributed by atoms with Crippen LogP contribution in [-0.4, -0.2) is 19.2 Å². The lowest BCUT2D eigenvalue weighted by Gasteiger charge is -2.02. The van der Waals surface area contributed by atoms with Gasteiger partial charge in [-0.05, 0) is 13.0 Å². The van der Waals surface area contributed by atoms with Crippen molar-refractivity contribution in [2.45, 2.75) is 13.5 Å². The van der Waals surface area contributed by atoms with Gasteiger partial charge in [-0.15, -0.1) is 0 Å². The summed E-state index contributed by atoms with van der Waals surface area (Å²) >= 11 is 0. The van der Waals surface area contributed by atoms with Gasteiger partial charge >= 0.3 is 5.97 Å². The Balaban J connectivity index is 2.40. The molecular weight excluding hydrogens is 246 g/mol. The second-order valence-corrected chi connectivity index (χ2v) is 3.78. The van der Waals surface area contributed by atoms with Crippen LogP contribution in [0.1, 0.15) is 23.0 Å². The van der Waals surface area contributed by atoms with E-state index in [4.69, 9.17) is 19.2 Å². The Morgan fingerprint density at radius 1 is 1.42 bits per heavy atom. The summed E-state index contributed by atoms with van der Waals surface area (Å²) in [6.45, 7) is 2.37. The molecule has 1 aromatic carbocycles. The number of hydrogen-bond acceptors (Lipinski definition) is 5. The topological polar surface area (TPSA) is 72.5 Å². The number of hydrogen-bond donors (Lipinski definition) is 0. The fourth-order valence-corrected chi connectivity index (χ4v) is 1.77. The molecular formula is C14H13NO4. The quantitative estimate of drug-likeness (QED) is 0.772. The lowest BCUT2D eigenvalue weighted by Crippen LogP contribution is -2.07. The number of para-hydroxylation sites is 1. The van der Waals surface area contributed by atoms with E-state index >= 15 is 0 Å². The predicted octanol–water partition coefficient (Wildman–Crippen LogP) is 2.65. The first-order valence-corrected chi connectivity index (χ1v) is 5.90. The van der Waals surface area contributed by atoms with Crippen LogP contribution in [0.2, 0.25) is 0 Å². The number of nitrogens with zero attached hydrogens (tertiary/aromatic N) is 1. The average molecular weight is 259 g/mol. The molecule has 0 fully saturated rings. The van der Waals surface area contributed by atoms with Gasteiger partial charge < -0.3 is 13.9 Å². The van der Waals surface area contributed by atoms with Gasteiger partial charge in [-0.2, -0.15) is 5.26 Å². The minimum Gasteiger partial charge on any atom is -0.449 e. The summed E-state index contributed by atoms with van der Waals surface area (Å²) in [5, 5.41) is 9.25. The van der Waals surface area contributed by atoms with Gasteiger partial charge in [0.2, 0.25) is 5.76 Å². The number of nitriles is 1. The molecule has 19 heavy (non-hydrogen) atoms. The second-order valence-electron chi connectivity index (χ2n) is 3.78. The molecule has 0 aliphatic carbocycles. The largest absolute Gasteiger partial charge is 0.449 e. The molecule has 0 amide bonds. The van der Waals surface area contributed by atoms with Crippen LogP contribution in [0.5, 0.6) is 0 Å². The van der Waals surface area contributed by atoms with E-state index in [2.05, 4.69) is 0 Å². The molecule has 0 bridgehead atoms. The standard InChI is InChI=1S/C14H13NO4/c1-2-17-9-11-10-5-3-4-6-12(10)19-13(11)14(16)18-8-7-15/h3-6H,2,8-9H2,1H3. The first-order valence-electron chi connectivity index (χ1n) is 5.90. The van der Waals surface area contributed by atoms with E-state index in [1.54, 1.807) is 12.1 Å². The van der Waals surface area contributed by atoms with Gasteiger partial charge in [0.05, 0.1) is 6.61 Å². The first kappa shape index (κ1) is 13.1. The van der Waals surface area contributed by atoms with Crippen molar-refractivity contribution < 1.29 is 18.7 Å². The number of carbonyl (C=O) groups is 1. The summed E-state index contributed by atoms with van der Waals surface area (Å²) in [6, 6.07) is 9.05. The first-order chi connectivity index (χ1) is 9.27. The molecule has 5 heteroatoms. The van der Waals surface area contributed by atoms with Gasteiger partial charge in [0.15, 0.2) is 6.61 Å². The summed E-state index contributed by atoms with van der Waals surface area (Å²) in [4.78, 5) is 11.8. The van der Waals surface area contributed by atoms with E-state index in [0.29, 0.717) is 17.8 Å². The van der Waals surface area contributed by atoms with Crippen molar-refractivity contribution in [3.05, 3.63) is 35.6 Å². The number of benzene rings is 1. The molecule has 0 aliphatic rings. The molecule has 0 aliphatic heterocycles. The fraction of sp³-hybridized carbons (Fsp3) is 0.286. The molecule has 0 unspecified atom stereocenters. The van der Waals surface area contributed by atoms with Crippen molar-refractivity contribution in [1.82, 2.24) is 0 Å². The Hall–Kier alpha value is -2.32. The van der Waals surface area contributed by atoms with Gasteiger partial charge in [0.1, 0.15) is 11.7 Å². The zero-order valence-electron chi connectivity index (χ0n) is 10.5. The Morgan fingerprint density at radius 2 is 2.21 bits per heavy atom. The summed E-state index contributed by atoms with van der Waals surface area (Å²) in [5.41, 5.74) is 1.25. The maximum absolute atomic E-state index is 11.8. The summed E-state index contributed by atoms with van der Waals surface area (Å²) < 4.78 is 15.6. The Labute approximate surface area is 110 Å². The van der Waals surface area contributed by atoms with Crippen molar-refractivity contribution in [1.29, 1.82) is 5.26 Å². The summed E-state index contributed by atoms with van der Waals surface area (Å²) in [6.07, 6.45) is 0. The number of carbonyl (C=O) groups excluding carboxylic acids is 1. The van der Waals surface area contributed by atoms with Crippen LogP contribution in [0.25, 0.3) is 11.0 Å². The van der Waals surface area contributed by atoms with E-state index in [1.165, 1.54) is 0 Å². The van der Waals surface area contributed by atoms with Crippen molar-refractivity contribution >= 4 is 16.9 Å². The van der Waals surface area contributed by atoms with Crippen molar-refractivity contribution in [3.8, 4) is 6.07 Å². The minimum atomic E-state index is -0.646. The van der Waals surface area contributed by atoms with Crippen molar-refractivity contribution in [2.24, 2.45) is 0 Å². The maximum atomic E-state index is 11.8. The highest BCUT2D eigenvalue weighted by Crippen LogP contribution is 2.27. The van der Waals surface area contributed by atoms with Crippen LogP contribution in [-0.2, 0) is 16.1 Å². The van der Waals surface area contributed by atoms with Gasteiger partial charge in [0.25, 0.3) is 0 Å². The molecule has 1 aromatic heterocycles. The molecule has 1 heterocycles. The summed E-state index contributed by atoms with van der Waals surface area (Å²) in [5.74, 6) is -0.544. The lowest BCUT2D eigenvalue weighted by molar-refractivity contribution is 0.0512. The molecule has 5 nitrogen and oxygen atoms in total. The van der Waals surface area contributed by atoms with Crippen LogP contribution in [0.4, 0.5) is 0 Å². The lowest BCUT2D eigenvalue weighted by atomic mass is 10.1. The summed E-state index contributed by atoms with van der Waals surface area (Å²) in [7, 11) is 0. The van der Waals surface area contributed by atoms with Crippen LogP contribution >= 0.6 is 0 Å². The van der Waals surface area contributed by atoms with E-state index in [1.807, 2.05) is 25.1 Å². The molecule has 0 N–H and O–H groups in total. The molecule has 0 spiro atoms. The van der Waals surface area contributed by atoms with Crippen molar-refractivity contribution in [3.63, 3.8) is 0 Å². The highest BCUT2D eigenvalue weighted by Gasteiger charge is 2.21. The Morgan fingerprint density at radius 3 is 2.95 bits per heavy atom. The molecule has 2 aromatic rings. The Kier molecular flexibility index (Phi) is 4.16. The fourth-order valence-electron chi connectivity index (χ4n) is 1.77. The van der Waals surface area contributed by atoms with E-state index in [-0.39, 0.29) is 19.0 Å². The minimum absolute atomic E-state index is 0.102. The zero-order valence-corrected chi connectivity index (χ0v) is 10.5. The van der Waals surface area contributed by atoms with Gasteiger partial charge in [0, 0.05) is 17.6 Å². The normalized spacial score (nSPS) is 10.3. The van der Waals surface area contributed by atoms with Crippen LogP contribution in [0.15, 0.2) is 28.7 Å². The average Bonchev–Trinajstić information content (AvgIpc) is 2.81. The number of rotatable bonds is 5. The number of fused-ring (bicyclic) bond motifs is 1. The SMILES string of the molecule is CCOCc1c(C(=O)OCC#N)oc2ccccc12. The van der Waals surface area contributed by atoms with E-state index in [0.717, 1.165) is 5.39 Å². The van der Waals surface area contributed by atoms with Gasteiger partial charge in [-0.3, -0.25) is 0 Å².